The van der Waals surface area contributed by atoms with Crippen molar-refractivity contribution in [3.05, 3.63) is 59.7 Å². The zero-order valence-electron chi connectivity index (χ0n) is 10.3. The molecule has 1 aromatic carbocycles. The molecule has 0 aliphatic rings. The summed E-state index contributed by atoms with van der Waals surface area (Å²) in [7, 11) is 0. The molecule has 1 atom stereocenters. The quantitative estimate of drug-likeness (QED) is 0.880. The molecule has 0 radical (unpaired) electrons. The topological polar surface area (TPSA) is 37.8 Å². The Hall–Kier alpha value is -1.81. The Balaban J connectivity index is 2.31. The number of hydrogen-bond donors (Lipinski definition) is 1. The monoisotopic (exact) mass is 245 g/mol. The van der Waals surface area contributed by atoms with Crippen LogP contribution in [0.1, 0.15) is 30.5 Å². The molecule has 0 saturated heterocycles. The van der Waals surface area contributed by atoms with E-state index >= 15 is 0 Å². The summed E-state index contributed by atoms with van der Waals surface area (Å²) in [6.07, 6.45) is 4.37. The molecule has 1 aromatic heterocycles. The molecular formula is C14H16FN3. The van der Waals surface area contributed by atoms with E-state index < -0.39 is 0 Å². The van der Waals surface area contributed by atoms with Crippen LogP contribution >= 0.6 is 0 Å². The highest BCUT2D eigenvalue weighted by molar-refractivity contribution is 5.29. The molecular weight excluding hydrogens is 229 g/mol. The van der Waals surface area contributed by atoms with E-state index in [1.165, 1.54) is 6.07 Å². The van der Waals surface area contributed by atoms with E-state index in [-0.39, 0.29) is 11.9 Å². The molecule has 1 N–H and O–H groups in total. The number of benzene rings is 1. The summed E-state index contributed by atoms with van der Waals surface area (Å²) in [5.41, 5.74) is 1.89. The molecule has 18 heavy (non-hydrogen) atoms. The Bertz CT molecular complexity index is 487. The van der Waals surface area contributed by atoms with Gasteiger partial charge in [0.1, 0.15) is 5.82 Å². The Kier molecular flexibility index (Phi) is 4.36. The molecule has 0 aliphatic heterocycles. The summed E-state index contributed by atoms with van der Waals surface area (Å²) in [6, 6.07) is 8.48. The van der Waals surface area contributed by atoms with Gasteiger partial charge in [0, 0.05) is 6.20 Å². The van der Waals surface area contributed by atoms with Crippen LogP contribution < -0.4 is 5.32 Å². The first kappa shape index (κ1) is 12.6. The Morgan fingerprint density at radius 2 is 2.11 bits per heavy atom. The minimum atomic E-state index is -0.224. The van der Waals surface area contributed by atoms with Gasteiger partial charge in [-0.3, -0.25) is 0 Å². The predicted molar refractivity (Wildman–Crippen MR) is 68.6 cm³/mol. The summed E-state index contributed by atoms with van der Waals surface area (Å²) in [4.78, 5) is 0. The SMILES string of the molecule is CCCNC(c1ccnnc1)c1cccc(F)c1. The van der Waals surface area contributed by atoms with Crippen molar-refractivity contribution in [2.75, 3.05) is 6.54 Å². The van der Waals surface area contributed by atoms with Crippen molar-refractivity contribution in [2.45, 2.75) is 19.4 Å². The molecule has 0 spiro atoms. The first-order valence-corrected chi connectivity index (χ1v) is 6.06. The van der Waals surface area contributed by atoms with E-state index in [4.69, 9.17) is 0 Å². The smallest absolute Gasteiger partial charge is 0.123 e. The van der Waals surface area contributed by atoms with E-state index in [0.717, 1.165) is 24.1 Å². The lowest BCUT2D eigenvalue weighted by Gasteiger charge is -2.19. The molecule has 1 unspecified atom stereocenters. The molecule has 3 nitrogen and oxygen atoms in total. The number of hydrogen-bond acceptors (Lipinski definition) is 3. The van der Waals surface area contributed by atoms with Gasteiger partial charge >= 0.3 is 0 Å². The number of nitrogens with one attached hydrogen (secondary N) is 1. The normalized spacial score (nSPS) is 12.3. The average molecular weight is 245 g/mol. The van der Waals surface area contributed by atoms with Crippen LogP contribution in [0.5, 0.6) is 0 Å². The van der Waals surface area contributed by atoms with E-state index in [2.05, 4.69) is 22.4 Å². The van der Waals surface area contributed by atoms with Crippen molar-refractivity contribution in [3.8, 4) is 0 Å². The van der Waals surface area contributed by atoms with Gasteiger partial charge < -0.3 is 5.32 Å². The Morgan fingerprint density at radius 3 is 2.78 bits per heavy atom. The van der Waals surface area contributed by atoms with Gasteiger partial charge in [0.2, 0.25) is 0 Å². The molecule has 0 aliphatic carbocycles. The fraction of sp³-hybridized carbons (Fsp3) is 0.286. The first-order chi connectivity index (χ1) is 8.81. The summed E-state index contributed by atoms with van der Waals surface area (Å²) in [5, 5.41) is 11.0. The minimum Gasteiger partial charge on any atom is -0.306 e. The van der Waals surface area contributed by atoms with Crippen molar-refractivity contribution >= 4 is 0 Å². The van der Waals surface area contributed by atoms with Crippen LogP contribution in [0.3, 0.4) is 0 Å². The predicted octanol–water partition coefficient (Wildman–Crippen LogP) is 2.70. The van der Waals surface area contributed by atoms with Gasteiger partial charge in [0.15, 0.2) is 0 Å². The molecule has 94 valence electrons. The number of aromatic nitrogens is 2. The second-order valence-corrected chi connectivity index (χ2v) is 4.12. The van der Waals surface area contributed by atoms with Crippen molar-refractivity contribution < 1.29 is 4.39 Å². The minimum absolute atomic E-state index is 0.0452. The fourth-order valence-electron chi connectivity index (χ4n) is 1.87. The summed E-state index contributed by atoms with van der Waals surface area (Å²) in [6.45, 7) is 2.96. The lowest BCUT2D eigenvalue weighted by atomic mass is 10.0. The molecule has 0 fully saturated rings. The van der Waals surface area contributed by atoms with Gasteiger partial charge in [-0.25, -0.2) is 4.39 Å². The van der Waals surface area contributed by atoms with Crippen LogP contribution in [-0.4, -0.2) is 16.7 Å². The first-order valence-electron chi connectivity index (χ1n) is 6.06. The molecule has 0 saturated carbocycles. The van der Waals surface area contributed by atoms with Gasteiger partial charge in [0.25, 0.3) is 0 Å². The summed E-state index contributed by atoms with van der Waals surface area (Å²) < 4.78 is 13.3. The molecule has 4 heteroatoms. The van der Waals surface area contributed by atoms with E-state index in [0.29, 0.717) is 0 Å². The number of nitrogens with zero attached hydrogens (tertiary/aromatic N) is 2. The fourth-order valence-corrected chi connectivity index (χ4v) is 1.87. The maximum atomic E-state index is 13.3. The highest BCUT2D eigenvalue weighted by Crippen LogP contribution is 2.21. The lowest BCUT2D eigenvalue weighted by molar-refractivity contribution is 0.583. The molecule has 2 rings (SSSR count). The maximum absolute atomic E-state index is 13.3. The second kappa shape index (κ2) is 6.21. The maximum Gasteiger partial charge on any atom is 0.123 e. The van der Waals surface area contributed by atoms with Crippen molar-refractivity contribution in [1.29, 1.82) is 0 Å². The van der Waals surface area contributed by atoms with Gasteiger partial charge in [-0.05, 0) is 42.3 Å². The lowest BCUT2D eigenvalue weighted by Crippen LogP contribution is -2.23. The van der Waals surface area contributed by atoms with Gasteiger partial charge in [-0.15, -0.1) is 0 Å². The van der Waals surface area contributed by atoms with E-state index in [9.17, 15) is 4.39 Å². The average Bonchev–Trinajstić information content (AvgIpc) is 2.40. The van der Waals surface area contributed by atoms with Crippen molar-refractivity contribution in [3.63, 3.8) is 0 Å². The van der Waals surface area contributed by atoms with Crippen molar-refractivity contribution in [2.24, 2.45) is 0 Å². The van der Waals surface area contributed by atoms with Crippen LogP contribution in [0, 0.1) is 5.82 Å². The van der Waals surface area contributed by atoms with Crippen LogP contribution in [0.4, 0.5) is 4.39 Å². The molecule has 1 heterocycles. The third-order valence-corrected chi connectivity index (χ3v) is 2.72. The summed E-state index contributed by atoms with van der Waals surface area (Å²) in [5.74, 6) is -0.224. The van der Waals surface area contributed by atoms with Crippen molar-refractivity contribution in [1.82, 2.24) is 15.5 Å². The van der Waals surface area contributed by atoms with Gasteiger partial charge in [-0.1, -0.05) is 19.1 Å². The highest BCUT2D eigenvalue weighted by atomic mass is 19.1. The third-order valence-electron chi connectivity index (χ3n) is 2.72. The Morgan fingerprint density at radius 1 is 1.22 bits per heavy atom. The molecule has 0 amide bonds. The van der Waals surface area contributed by atoms with Gasteiger partial charge in [0.05, 0.1) is 12.2 Å². The third kappa shape index (κ3) is 3.11. The zero-order chi connectivity index (χ0) is 12.8. The zero-order valence-corrected chi connectivity index (χ0v) is 10.3. The van der Waals surface area contributed by atoms with Crippen LogP contribution in [0.25, 0.3) is 0 Å². The second-order valence-electron chi connectivity index (χ2n) is 4.12. The summed E-state index contributed by atoms with van der Waals surface area (Å²) >= 11 is 0. The van der Waals surface area contributed by atoms with Gasteiger partial charge in [-0.2, -0.15) is 10.2 Å². The molecule has 2 aromatic rings. The van der Waals surface area contributed by atoms with Crippen LogP contribution in [0.2, 0.25) is 0 Å². The number of halogens is 1. The van der Waals surface area contributed by atoms with E-state index in [1.807, 2.05) is 12.1 Å². The number of rotatable bonds is 5. The highest BCUT2D eigenvalue weighted by Gasteiger charge is 2.13. The Labute approximate surface area is 106 Å². The standard InChI is InChI=1S/C14H16FN3/c1-2-7-16-14(12-6-8-17-18-10-12)11-4-3-5-13(15)9-11/h3-6,8-10,14,16H,2,7H2,1H3. The largest absolute Gasteiger partial charge is 0.306 e. The van der Waals surface area contributed by atoms with Crippen LogP contribution in [-0.2, 0) is 0 Å². The van der Waals surface area contributed by atoms with Crippen LogP contribution in [0.15, 0.2) is 42.7 Å². The molecule has 0 bridgehead atoms. The van der Waals surface area contributed by atoms with E-state index in [1.54, 1.807) is 24.5 Å².